The van der Waals surface area contributed by atoms with Crippen molar-refractivity contribution in [2.24, 2.45) is 0 Å². The first-order valence-electron chi connectivity index (χ1n) is 7.00. The SMILES string of the molecule is O=C(O)C[C@H](NC(=O)OCc1cc(=O)oc2cc(O)c(Br)cc12)C(=O)O. The lowest BCUT2D eigenvalue weighted by atomic mass is 10.1. The number of ether oxygens (including phenoxy) is 1. The van der Waals surface area contributed by atoms with E-state index in [9.17, 15) is 24.3 Å². The number of hydrogen-bond donors (Lipinski definition) is 4. The van der Waals surface area contributed by atoms with Crippen LogP contribution in [-0.4, -0.2) is 39.4 Å². The molecule has 2 rings (SSSR count). The Morgan fingerprint density at radius 3 is 2.54 bits per heavy atom. The lowest BCUT2D eigenvalue weighted by Gasteiger charge is -2.13. The maximum Gasteiger partial charge on any atom is 0.408 e. The molecule has 0 saturated heterocycles. The van der Waals surface area contributed by atoms with Gasteiger partial charge in [0.05, 0.1) is 10.9 Å². The molecule has 0 spiro atoms. The Hall–Kier alpha value is -3.08. The first kappa shape index (κ1) is 19.2. The number of halogens is 1. The number of hydrogen-bond acceptors (Lipinski definition) is 7. The van der Waals surface area contributed by atoms with E-state index in [1.165, 1.54) is 12.1 Å². The number of phenolic OH excluding ortho intramolecular Hbond substituents is 1. The van der Waals surface area contributed by atoms with E-state index in [0.717, 1.165) is 6.07 Å². The third-order valence-corrected chi connectivity index (χ3v) is 3.86. The number of aromatic hydroxyl groups is 1. The summed E-state index contributed by atoms with van der Waals surface area (Å²) in [6.45, 7) is -0.412. The lowest BCUT2D eigenvalue weighted by molar-refractivity contribution is -0.145. The number of alkyl carbamates (subject to hydrolysis) is 1. The van der Waals surface area contributed by atoms with Crippen molar-refractivity contribution >= 4 is 44.9 Å². The number of fused-ring (bicyclic) bond motifs is 1. The molecule has 26 heavy (non-hydrogen) atoms. The zero-order chi connectivity index (χ0) is 19.4. The van der Waals surface area contributed by atoms with Gasteiger partial charge in [0.1, 0.15) is 24.0 Å². The molecule has 0 fully saturated rings. The summed E-state index contributed by atoms with van der Waals surface area (Å²) in [5.41, 5.74) is -0.434. The Kier molecular flexibility index (Phi) is 5.82. The molecular weight excluding hydrogens is 418 g/mol. The molecule has 0 aliphatic rings. The van der Waals surface area contributed by atoms with Crippen molar-refractivity contribution in [3.8, 4) is 5.75 Å². The standard InChI is InChI=1S/C15H12BrNO9/c16-8-2-7-6(1-13(21)26-11(7)4-10(8)18)5-25-15(24)17-9(14(22)23)3-12(19)20/h1-2,4,9,18H,3,5H2,(H,17,24)(H,19,20)(H,22,23)/t9-/m0/s1. The third-order valence-electron chi connectivity index (χ3n) is 3.23. The Balaban J connectivity index is 2.17. The van der Waals surface area contributed by atoms with Crippen LogP contribution in [0.4, 0.5) is 4.79 Å². The zero-order valence-electron chi connectivity index (χ0n) is 12.9. The summed E-state index contributed by atoms with van der Waals surface area (Å²) >= 11 is 3.11. The summed E-state index contributed by atoms with van der Waals surface area (Å²) < 4.78 is 10.1. The topological polar surface area (TPSA) is 163 Å². The number of phenols is 1. The average Bonchev–Trinajstić information content (AvgIpc) is 2.53. The predicted octanol–water partition coefficient (Wildman–Crippen LogP) is 1.42. The van der Waals surface area contributed by atoms with Crippen LogP contribution < -0.4 is 10.9 Å². The Bertz CT molecular complexity index is 937. The largest absolute Gasteiger partial charge is 0.507 e. The number of rotatable bonds is 6. The van der Waals surface area contributed by atoms with Crippen molar-refractivity contribution in [2.75, 3.05) is 0 Å². The summed E-state index contributed by atoms with van der Waals surface area (Å²) in [6, 6.07) is 2.07. The van der Waals surface area contributed by atoms with Gasteiger partial charge in [-0.2, -0.15) is 0 Å². The van der Waals surface area contributed by atoms with Crippen molar-refractivity contribution < 1.29 is 38.9 Å². The van der Waals surface area contributed by atoms with Gasteiger partial charge < -0.3 is 29.8 Å². The van der Waals surface area contributed by atoms with Gasteiger partial charge in [-0.3, -0.25) is 4.79 Å². The van der Waals surface area contributed by atoms with E-state index in [4.69, 9.17) is 19.4 Å². The molecule has 2 aromatic rings. The summed E-state index contributed by atoms with van der Waals surface area (Å²) in [7, 11) is 0. The number of carbonyl (C=O) groups is 3. The maximum atomic E-state index is 11.7. The van der Waals surface area contributed by atoms with Crippen LogP contribution in [0.25, 0.3) is 11.0 Å². The molecule has 1 atom stereocenters. The highest BCUT2D eigenvalue weighted by Gasteiger charge is 2.23. The second-order valence-corrected chi connectivity index (χ2v) is 5.95. The van der Waals surface area contributed by atoms with Gasteiger partial charge in [0.15, 0.2) is 0 Å². The van der Waals surface area contributed by atoms with Crippen LogP contribution in [0.5, 0.6) is 5.75 Å². The number of carbonyl (C=O) groups excluding carboxylic acids is 1. The molecule has 4 N–H and O–H groups in total. The number of nitrogens with one attached hydrogen (secondary N) is 1. The molecule has 138 valence electrons. The van der Waals surface area contributed by atoms with Gasteiger partial charge in [-0.05, 0) is 22.0 Å². The van der Waals surface area contributed by atoms with E-state index < -0.39 is 42.7 Å². The molecule has 1 amide bonds. The minimum Gasteiger partial charge on any atom is -0.507 e. The van der Waals surface area contributed by atoms with Crippen LogP contribution in [0, 0.1) is 0 Å². The minimum atomic E-state index is -1.66. The fourth-order valence-corrected chi connectivity index (χ4v) is 2.40. The molecule has 1 heterocycles. The van der Waals surface area contributed by atoms with Crippen molar-refractivity contribution in [3.63, 3.8) is 0 Å². The number of amides is 1. The highest BCUT2D eigenvalue weighted by Crippen LogP contribution is 2.30. The molecule has 0 aliphatic heterocycles. The van der Waals surface area contributed by atoms with E-state index in [1.54, 1.807) is 0 Å². The van der Waals surface area contributed by atoms with Gasteiger partial charge in [0.25, 0.3) is 0 Å². The second kappa shape index (κ2) is 7.87. The smallest absolute Gasteiger partial charge is 0.408 e. The van der Waals surface area contributed by atoms with Gasteiger partial charge in [-0.25, -0.2) is 14.4 Å². The summed E-state index contributed by atoms with van der Waals surface area (Å²) in [5, 5.41) is 29.4. The fraction of sp³-hybridized carbons (Fsp3) is 0.200. The van der Waals surface area contributed by atoms with Crippen LogP contribution >= 0.6 is 15.9 Å². The van der Waals surface area contributed by atoms with Gasteiger partial charge >= 0.3 is 23.7 Å². The number of carboxylic acids is 2. The molecule has 0 bridgehead atoms. The van der Waals surface area contributed by atoms with Crippen LogP contribution in [0.2, 0.25) is 0 Å². The summed E-state index contributed by atoms with van der Waals surface area (Å²) in [6.07, 6.45) is -1.99. The number of aliphatic carboxylic acids is 2. The molecule has 0 unspecified atom stereocenters. The average molecular weight is 430 g/mol. The number of benzene rings is 1. The molecule has 0 aliphatic carbocycles. The Labute approximate surface area is 153 Å². The van der Waals surface area contributed by atoms with E-state index in [1.807, 2.05) is 5.32 Å². The predicted molar refractivity (Wildman–Crippen MR) is 88.8 cm³/mol. The Morgan fingerprint density at radius 2 is 1.92 bits per heavy atom. The van der Waals surface area contributed by atoms with Crippen molar-refractivity contribution in [3.05, 3.63) is 38.7 Å². The number of carboxylic acid groups (broad SMARTS) is 2. The van der Waals surface area contributed by atoms with Crippen molar-refractivity contribution in [2.45, 2.75) is 19.1 Å². The lowest BCUT2D eigenvalue weighted by Crippen LogP contribution is -2.42. The molecule has 1 aromatic heterocycles. The molecule has 1 aromatic carbocycles. The second-order valence-electron chi connectivity index (χ2n) is 5.10. The van der Waals surface area contributed by atoms with E-state index in [2.05, 4.69) is 15.9 Å². The molecule has 10 nitrogen and oxygen atoms in total. The zero-order valence-corrected chi connectivity index (χ0v) is 14.5. The van der Waals surface area contributed by atoms with Crippen LogP contribution in [0.1, 0.15) is 12.0 Å². The van der Waals surface area contributed by atoms with Crippen LogP contribution in [-0.2, 0) is 20.9 Å². The van der Waals surface area contributed by atoms with Gasteiger partial charge in [0.2, 0.25) is 0 Å². The van der Waals surface area contributed by atoms with Crippen molar-refractivity contribution in [1.29, 1.82) is 0 Å². The van der Waals surface area contributed by atoms with Crippen molar-refractivity contribution in [1.82, 2.24) is 5.32 Å². The maximum absolute atomic E-state index is 11.7. The summed E-state index contributed by atoms with van der Waals surface area (Å²) in [5.74, 6) is -3.10. The highest BCUT2D eigenvalue weighted by molar-refractivity contribution is 9.10. The highest BCUT2D eigenvalue weighted by atomic mass is 79.9. The van der Waals surface area contributed by atoms with E-state index in [-0.39, 0.29) is 16.9 Å². The van der Waals surface area contributed by atoms with E-state index in [0.29, 0.717) is 9.86 Å². The third kappa shape index (κ3) is 4.72. The quantitative estimate of drug-likeness (QED) is 0.496. The van der Waals surface area contributed by atoms with Gasteiger partial charge in [-0.1, -0.05) is 0 Å². The van der Waals surface area contributed by atoms with Gasteiger partial charge in [-0.15, -0.1) is 0 Å². The normalized spacial score (nSPS) is 11.7. The monoisotopic (exact) mass is 429 g/mol. The Morgan fingerprint density at radius 1 is 1.23 bits per heavy atom. The minimum absolute atomic E-state index is 0.0616. The summed E-state index contributed by atoms with van der Waals surface area (Å²) in [4.78, 5) is 44.8. The molecule has 0 radical (unpaired) electrons. The first-order valence-corrected chi connectivity index (χ1v) is 7.80. The molecular formula is C15H12BrNO9. The van der Waals surface area contributed by atoms with Gasteiger partial charge in [0, 0.05) is 23.1 Å². The molecule has 11 heteroatoms. The fourth-order valence-electron chi connectivity index (χ4n) is 2.06. The van der Waals surface area contributed by atoms with E-state index >= 15 is 0 Å². The first-order chi connectivity index (χ1) is 12.2. The van der Waals surface area contributed by atoms with Crippen LogP contribution in [0.15, 0.2) is 31.9 Å². The molecule has 0 saturated carbocycles. The van der Waals surface area contributed by atoms with Crippen LogP contribution in [0.3, 0.4) is 0 Å².